The maximum Gasteiger partial charge on any atom is 0.356 e. The molecule has 1 aliphatic carbocycles. The second-order valence-electron chi connectivity index (χ2n) is 6.03. The Labute approximate surface area is 118 Å². The Balaban J connectivity index is 1.80. The van der Waals surface area contributed by atoms with Crippen LogP contribution >= 0.6 is 0 Å². The summed E-state index contributed by atoms with van der Waals surface area (Å²) in [6.07, 6.45) is 3.82. The number of nitrogens with zero attached hydrogens (tertiary/aromatic N) is 3. The molecule has 2 heterocycles. The first kappa shape index (κ1) is 13.6. The van der Waals surface area contributed by atoms with Crippen LogP contribution in [0.2, 0.25) is 0 Å². The molecule has 1 atom stereocenters. The summed E-state index contributed by atoms with van der Waals surface area (Å²) in [7, 11) is 1.80. The van der Waals surface area contributed by atoms with Gasteiger partial charge in [-0.15, -0.1) is 0 Å². The molecule has 1 spiro atoms. The first-order valence-corrected chi connectivity index (χ1v) is 7.13. The van der Waals surface area contributed by atoms with Gasteiger partial charge in [0.05, 0.1) is 18.4 Å². The Morgan fingerprint density at radius 2 is 2.35 bits per heavy atom. The van der Waals surface area contributed by atoms with E-state index in [1.165, 1.54) is 19.3 Å². The highest BCUT2D eigenvalue weighted by Crippen LogP contribution is 2.41. The molecule has 1 unspecified atom stereocenters. The Hall–Kier alpha value is -1.40. The number of hydrogen-bond donors (Lipinski definition) is 1. The van der Waals surface area contributed by atoms with Crippen molar-refractivity contribution < 1.29 is 14.6 Å². The van der Waals surface area contributed by atoms with Crippen molar-refractivity contribution >= 4 is 5.97 Å². The maximum atomic E-state index is 11.0. The summed E-state index contributed by atoms with van der Waals surface area (Å²) in [5.41, 5.74) is 1.23. The number of aryl methyl sites for hydroxylation is 1. The van der Waals surface area contributed by atoms with Crippen LogP contribution in [0.3, 0.4) is 0 Å². The summed E-state index contributed by atoms with van der Waals surface area (Å²) in [6.45, 7) is 4.51. The number of carboxylic acids is 1. The summed E-state index contributed by atoms with van der Waals surface area (Å²) in [5.74, 6) is -0.972. The van der Waals surface area contributed by atoms with E-state index in [1.54, 1.807) is 17.8 Å². The Bertz CT molecular complexity index is 522. The lowest BCUT2D eigenvalue weighted by molar-refractivity contribution is -0.141. The van der Waals surface area contributed by atoms with Gasteiger partial charge < -0.3 is 9.84 Å². The lowest BCUT2D eigenvalue weighted by Crippen LogP contribution is -2.62. The molecule has 6 nitrogen and oxygen atoms in total. The van der Waals surface area contributed by atoms with Crippen molar-refractivity contribution in [3.05, 3.63) is 17.5 Å². The van der Waals surface area contributed by atoms with Crippen molar-refractivity contribution in [2.75, 3.05) is 13.2 Å². The smallest absolute Gasteiger partial charge is 0.356 e. The molecule has 3 rings (SSSR count). The molecule has 1 aromatic rings. The number of aromatic carboxylic acids is 1. The summed E-state index contributed by atoms with van der Waals surface area (Å²) < 4.78 is 7.50. The Morgan fingerprint density at radius 3 is 2.90 bits per heavy atom. The van der Waals surface area contributed by atoms with Crippen molar-refractivity contribution in [3.63, 3.8) is 0 Å². The van der Waals surface area contributed by atoms with Crippen LogP contribution in [0.1, 0.15) is 42.4 Å². The summed E-state index contributed by atoms with van der Waals surface area (Å²) in [5, 5.41) is 13.1. The molecule has 6 heteroatoms. The summed E-state index contributed by atoms with van der Waals surface area (Å²) in [4.78, 5) is 13.4. The van der Waals surface area contributed by atoms with Crippen LogP contribution in [-0.4, -0.2) is 50.6 Å². The van der Waals surface area contributed by atoms with Gasteiger partial charge in [0.25, 0.3) is 0 Å². The van der Waals surface area contributed by atoms with Gasteiger partial charge in [-0.2, -0.15) is 5.10 Å². The second-order valence-corrected chi connectivity index (χ2v) is 6.03. The van der Waals surface area contributed by atoms with Gasteiger partial charge in [-0.05, 0) is 32.3 Å². The van der Waals surface area contributed by atoms with Crippen molar-refractivity contribution in [3.8, 4) is 0 Å². The monoisotopic (exact) mass is 279 g/mol. The molecule has 1 saturated heterocycles. The van der Waals surface area contributed by atoms with E-state index in [0.717, 1.165) is 25.4 Å². The molecule has 1 aliphatic heterocycles. The van der Waals surface area contributed by atoms with Crippen LogP contribution in [0, 0.1) is 0 Å². The minimum absolute atomic E-state index is 0.117. The molecule has 1 saturated carbocycles. The van der Waals surface area contributed by atoms with E-state index in [1.807, 2.05) is 0 Å². The number of hydrogen-bond acceptors (Lipinski definition) is 4. The van der Waals surface area contributed by atoms with E-state index in [2.05, 4.69) is 16.9 Å². The normalized spacial score (nSPS) is 25.6. The van der Waals surface area contributed by atoms with Crippen LogP contribution in [0.4, 0.5) is 0 Å². The number of morpholine rings is 1. The van der Waals surface area contributed by atoms with Crippen molar-refractivity contribution in [2.24, 2.45) is 7.05 Å². The third-order valence-electron chi connectivity index (χ3n) is 4.62. The van der Waals surface area contributed by atoms with Gasteiger partial charge in [-0.1, -0.05) is 0 Å². The quantitative estimate of drug-likeness (QED) is 0.902. The summed E-state index contributed by atoms with van der Waals surface area (Å²) >= 11 is 0. The highest BCUT2D eigenvalue weighted by molar-refractivity contribution is 5.85. The highest BCUT2D eigenvalue weighted by atomic mass is 16.5. The van der Waals surface area contributed by atoms with E-state index in [0.29, 0.717) is 0 Å². The molecule has 0 aromatic carbocycles. The molecule has 1 aromatic heterocycles. The zero-order valence-corrected chi connectivity index (χ0v) is 12.0. The Kier molecular flexibility index (Phi) is 3.30. The number of ether oxygens (including phenoxy) is 1. The van der Waals surface area contributed by atoms with Crippen molar-refractivity contribution in [2.45, 2.75) is 44.4 Å². The van der Waals surface area contributed by atoms with Gasteiger partial charge in [-0.25, -0.2) is 4.79 Å². The minimum atomic E-state index is -0.972. The molecule has 0 radical (unpaired) electrons. The van der Waals surface area contributed by atoms with E-state index in [-0.39, 0.29) is 17.3 Å². The lowest BCUT2D eigenvalue weighted by Gasteiger charge is -2.54. The molecule has 20 heavy (non-hydrogen) atoms. The zero-order valence-electron chi connectivity index (χ0n) is 12.0. The molecule has 0 bridgehead atoms. The third-order valence-corrected chi connectivity index (χ3v) is 4.62. The van der Waals surface area contributed by atoms with E-state index in [4.69, 9.17) is 9.84 Å². The largest absolute Gasteiger partial charge is 0.476 e. The second kappa shape index (κ2) is 4.86. The average Bonchev–Trinajstić information content (AvgIpc) is 2.70. The molecule has 2 fully saturated rings. The van der Waals surface area contributed by atoms with Gasteiger partial charge >= 0.3 is 5.97 Å². The SMILES string of the molecule is CC1CN(Cc2cc(C(=O)O)nn2C)C2(CCC2)CO1. The van der Waals surface area contributed by atoms with E-state index in [9.17, 15) is 4.79 Å². The van der Waals surface area contributed by atoms with Crippen LogP contribution in [-0.2, 0) is 18.3 Å². The first-order chi connectivity index (χ1) is 9.50. The molecular weight excluding hydrogens is 258 g/mol. The summed E-state index contributed by atoms with van der Waals surface area (Å²) in [6, 6.07) is 1.68. The van der Waals surface area contributed by atoms with Gasteiger partial charge in [0, 0.05) is 25.7 Å². The fraction of sp³-hybridized carbons (Fsp3) is 0.714. The van der Waals surface area contributed by atoms with E-state index >= 15 is 0 Å². The first-order valence-electron chi connectivity index (χ1n) is 7.13. The average molecular weight is 279 g/mol. The molecule has 110 valence electrons. The molecule has 1 N–H and O–H groups in total. The molecule has 0 amide bonds. The number of rotatable bonds is 3. The van der Waals surface area contributed by atoms with E-state index < -0.39 is 5.97 Å². The van der Waals surface area contributed by atoms with Gasteiger partial charge in [-0.3, -0.25) is 9.58 Å². The van der Waals surface area contributed by atoms with Gasteiger partial charge in [0.2, 0.25) is 0 Å². The molecular formula is C14H21N3O3. The minimum Gasteiger partial charge on any atom is -0.476 e. The maximum absolute atomic E-state index is 11.0. The van der Waals surface area contributed by atoms with Crippen LogP contribution in [0.15, 0.2) is 6.07 Å². The lowest BCUT2D eigenvalue weighted by atomic mass is 9.75. The topological polar surface area (TPSA) is 67.6 Å². The number of carboxylic acid groups (broad SMARTS) is 1. The molecule has 2 aliphatic rings. The van der Waals surface area contributed by atoms with Gasteiger partial charge in [0.1, 0.15) is 0 Å². The number of aromatic nitrogens is 2. The van der Waals surface area contributed by atoms with Crippen LogP contribution < -0.4 is 0 Å². The van der Waals surface area contributed by atoms with Crippen molar-refractivity contribution in [1.82, 2.24) is 14.7 Å². The van der Waals surface area contributed by atoms with Crippen molar-refractivity contribution in [1.29, 1.82) is 0 Å². The predicted octanol–water partition coefficient (Wildman–Crippen LogP) is 1.26. The fourth-order valence-corrected chi connectivity index (χ4v) is 3.18. The zero-order chi connectivity index (χ0) is 14.3. The fourth-order valence-electron chi connectivity index (χ4n) is 3.18. The number of carbonyl (C=O) groups is 1. The van der Waals surface area contributed by atoms with Crippen LogP contribution in [0.25, 0.3) is 0 Å². The standard InChI is InChI=1S/C14H21N3O3/c1-10-7-17(14(9-20-10)4-3-5-14)8-11-6-12(13(18)19)15-16(11)2/h6,10H,3-5,7-9H2,1-2H3,(H,18,19). The van der Waals surface area contributed by atoms with Gasteiger partial charge in [0.15, 0.2) is 5.69 Å². The Morgan fingerprint density at radius 1 is 1.60 bits per heavy atom. The predicted molar refractivity (Wildman–Crippen MR) is 72.6 cm³/mol. The third kappa shape index (κ3) is 2.23. The highest BCUT2D eigenvalue weighted by Gasteiger charge is 2.46. The van der Waals surface area contributed by atoms with Crippen LogP contribution in [0.5, 0.6) is 0 Å².